The van der Waals surface area contributed by atoms with Crippen LogP contribution in [0.4, 0.5) is 8.78 Å². The minimum Gasteiger partial charge on any atom is -0.239 e. The summed E-state index contributed by atoms with van der Waals surface area (Å²) in [6, 6.07) is 12.6. The molecule has 0 aromatic heterocycles. The predicted octanol–water partition coefficient (Wildman–Crippen LogP) is 10.7. The van der Waals surface area contributed by atoms with Gasteiger partial charge in [-0.2, -0.15) is 18.1 Å². The fourth-order valence-electron chi connectivity index (χ4n) is 5.10. The Balaban J connectivity index is 1.66. The number of hydrogen-bond acceptors (Lipinski definition) is 8. The summed E-state index contributed by atoms with van der Waals surface area (Å²) in [5.74, 6) is -7.37. The van der Waals surface area contributed by atoms with Gasteiger partial charge in [0.25, 0.3) is 11.8 Å². The van der Waals surface area contributed by atoms with E-state index in [1.807, 2.05) is 13.8 Å². The molecule has 40 heavy (non-hydrogen) atoms. The van der Waals surface area contributed by atoms with E-state index < -0.39 is 26.8 Å². The number of rotatable bonds is 6. The minimum absolute atomic E-state index is 0.308. The third-order valence-electron chi connectivity index (χ3n) is 6.95. The van der Waals surface area contributed by atoms with Crippen LogP contribution in [0.25, 0.3) is 0 Å². The summed E-state index contributed by atoms with van der Waals surface area (Å²) >= 11 is 28.4. The maximum atomic E-state index is 13.6. The molecule has 0 amide bonds. The Labute approximate surface area is 253 Å². The van der Waals surface area contributed by atoms with E-state index in [-0.39, 0.29) is 11.6 Å². The first-order valence-electron chi connectivity index (χ1n) is 12.7. The van der Waals surface area contributed by atoms with Crippen molar-refractivity contribution in [2.24, 2.45) is 18.1 Å². The van der Waals surface area contributed by atoms with Crippen molar-refractivity contribution in [3.05, 3.63) is 71.3 Å². The van der Waals surface area contributed by atoms with Crippen molar-refractivity contribution in [3.63, 3.8) is 0 Å². The van der Waals surface area contributed by atoms with E-state index in [0.29, 0.717) is 52.4 Å². The standard InChI is InChI=1S/C22H30Cl4F2N8P4/c1-3-33-13-15-35(17-19-5-9-21(27)10-6-19)39(33)29-37(23,24)31-40(32-38(25,26)30-39)34(4-2)14-16-36(40)18-20-7-11-22(28)12-8-20/h5-12H,3-4,13-18H2,1-2H3. The summed E-state index contributed by atoms with van der Waals surface area (Å²) in [6.07, 6.45) is 0. The van der Waals surface area contributed by atoms with Gasteiger partial charge in [-0.25, -0.2) is 27.5 Å². The van der Waals surface area contributed by atoms with E-state index in [4.69, 9.17) is 63.0 Å². The summed E-state index contributed by atoms with van der Waals surface area (Å²) in [5, 5.41) is 0. The van der Waals surface area contributed by atoms with E-state index in [0.717, 1.165) is 11.1 Å². The lowest BCUT2D eigenvalue weighted by Gasteiger charge is -2.37. The van der Waals surface area contributed by atoms with Crippen molar-refractivity contribution in [3.8, 4) is 0 Å². The van der Waals surface area contributed by atoms with Crippen LogP contribution in [0.1, 0.15) is 25.0 Å². The van der Waals surface area contributed by atoms with Gasteiger partial charge in [-0.15, -0.1) is 0 Å². The lowest BCUT2D eigenvalue weighted by Crippen LogP contribution is -2.20. The van der Waals surface area contributed by atoms with Gasteiger partial charge in [-0.1, -0.05) is 38.1 Å². The highest BCUT2D eigenvalue weighted by Gasteiger charge is 2.48. The Hall–Kier alpha value is 0.220. The molecule has 18 heteroatoms. The molecule has 0 radical (unpaired) electrons. The molecule has 0 saturated carbocycles. The molecule has 2 spiro atoms. The fourth-order valence-corrected chi connectivity index (χ4v) is 25.3. The van der Waals surface area contributed by atoms with Crippen LogP contribution in [0, 0.1) is 11.6 Å². The molecule has 8 nitrogen and oxygen atoms in total. The maximum absolute atomic E-state index is 13.6. The smallest absolute Gasteiger partial charge is 0.239 e. The molecule has 5 rings (SSSR count). The van der Waals surface area contributed by atoms with Gasteiger partial charge in [0, 0.05) is 52.4 Å². The van der Waals surface area contributed by atoms with E-state index in [1.165, 1.54) is 24.3 Å². The number of halogens is 6. The van der Waals surface area contributed by atoms with Crippen LogP contribution in [0.15, 0.2) is 66.6 Å². The SMILES string of the molecule is CCN1CCN(Cc2ccc(F)cc2)P12=NP(Cl)(Cl)=NP1(=NP(Cl)(Cl)=N2)N(CC)CCN1Cc1ccc(F)cc1. The van der Waals surface area contributed by atoms with Crippen molar-refractivity contribution < 1.29 is 8.78 Å². The third-order valence-corrected chi connectivity index (χ3v) is 23.8. The van der Waals surface area contributed by atoms with Crippen molar-refractivity contribution >= 4 is 71.8 Å². The molecular weight excluding hydrogens is 680 g/mol. The normalized spacial score (nSPS) is 29.0. The highest BCUT2D eigenvalue weighted by molar-refractivity contribution is 8.16. The highest BCUT2D eigenvalue weighted by Crippen LogP contribution is 2.87. The van der Waals surface area contributed by atoms with E-state index in [9.17, 15) is 8.78 Å². The molecule has 220 valence electrons. The molecule has 3 aliphatic heterocycles. The quantitative estimate of drug-likeness (QED) is 0.280. The largest absolute Gasteiger partial charge is 0.257 e. The summed E-state index contributed by atoms with van der Waals surface area (Å²) in [7, 11) is -5.97. The van der Waals surface area contributed by atoms with Crippen LogP contribution in [0.2, 0.25) is 0 Å². The fraction of sp³-hybridized carbons (Fsp3) is 0.455. The van der Waals surface area contributed by atoms with Crippen LogP contribution in [-0.2, 0) is 13.1 Å². The van der Waals surface area contributed by atoms with Gasteiger partial charge < -0.3 is 0 Å². The Bertz CT molecular complexity index is 1370. The maximum Gasteiger partial charge on any atom is 0.257 e. The average molecular weight is 710 g/mol. The average Bonchev–Trinajstić information content (AvgIpc) is 3.36. The van der Waals surface area contributed by atoms with E-state index >= 15 is 0 Å². The molecule has 0 aliphatic carbocycles. The van der Waals surface area contributed by atoms with Gasteiger partial charge in [0.15, 0.2) is 0 Å². The Morgan fingerprint density at radius 2 is 0.900 bits per heavy atom. The third kappa shape index (κ3) is 6.50. The zero-order valence-corrected chi connectivity index (χ0v) is 28.5. The first-order valence-corrected chi connectivity index (χ1v) is 23.0. The lowest BCUT2D eigenvalue weighted by atomic mass is 10.2. The van der Waals surface area contributed by atoms with Gasteiger partial charge in [0.2, 0.25) is 15.0 Å². The molecule has 2 aromatic rings. The van der Waals surface area contributed by atoms with Crippen molar-refractivity contribution in [2.45, 2.75) is 26.9 Å². The molecule has 3 aliphatic rings. The Kier molecular flexibility index (Phi) is 9.74. The number of benzene rings is 2. The second kappa shape index (κ2) is 12.3. The van der Waals surface area contributed by atoms with Crippen molar-refractivity contribution in [1.82, 2.24) is 18.7 Å². The molecule has 0 N–H and O–H groups in total. The topological polar surface area (TPSA) is 62.4 Å². The minimum atomic E-state index is -3.37. The molecule has 2 aromatic carbocycles. The summed E-state index contributed by atoms with van der Waals surface area (Å²) in [4.78, 5) is 0. The van der Waals surface area contributed by atoms with Gasteiger partial charge in [-0.3, -0.25) is 0 Å². The molecule has 0 bridgehead atoms. The second-order valence-electron chi connectivity index (χ2n) is 9.46. The molecule has 2 fully saturated rings. The molecule has 2 unspecified atom stereocenters. The zero-order valence-electron chi connectivity index (χ0n) is 21.9. The van der Waals surface area contributed by atoms with E-state index in [1.54, 1.807) is 24.3 Å². The van der Waals surface area contributed by atoms with Gasteiger partial charge in [0.1, 0.15) is 11.6 Å². The van der Waals surface area contributed by atoms with Crippen LogP contribution in [-0.4, -0.2) is 58.0 Å². The Morgan fingerprint density at radius 1 is 0.575 bits per heavy atom. The molecular formula is C22H30Cl4F2N8P4. The van der Waals surface area contributed by atoms with Crippen LogP contribution < -0.4 is 0 Å². The van der Waals surface area contributed by atoms with Crippen molar-refractivity contribution in [1.29, 1.82) is 0 Å². The first kappa shape index (κ1) is 31.6. The summed E-state index contributed by atoms with van der Waals surface area (Å²) < 4.78 is 56.1. The predicted molar refractivity (Wildman–Crippen MR) is 169 cm³/mol. The molecule has 3 heterocycles. The second-order valence-corrected chi connectivity index (χ2v) is 25.3. The van der Waals surface area contributed by atoms with Crippen LogP contribution >= 0.6 is 71.8 Å². The van der Waals surface area contributed by atoms with E-state index in [2.05, 4.69) is 18.7 Å². The zero-order chi connectivity index (χ0) is 28.8. The molecule has 2 atom stereocenters. The van der Waals surface area contributed by atoms with Crippen molar-refractivity contribution in [2.75, 3.05) is 39.3 Å². The van der Waals surface area contributed by atoms with Crippen LogP contribution in [0.3, 0.4) is 0 Å². The number of hydrogen-bond donors (Lipinski definition) is 0. The Morgan fingerprint density at radius 3 is 1.23 bits per heavy atom. The first-order chi connectivity index (χ1) is 18.9. The number of nitrogens with zero attached hydrogens (tertiary/aromatic N) is 8. The monoisotopic (exact) mass is 708 g/mol. The number of likely N-dealkylation sites (N-methyl/N-ethyl adjacent to an activating group) is 2. The lowest BCUT2D eigenvalue weighted by molar-refractivity contribution is 0.468. The van der Waals surface area contributed by atoms with Gasteiger partial charge >= 0.3 is 0 Å². The van der Waals surface area contributed by atoms with Gasteiger partial charge in [0.05, 0.1) is 0 Å². The van der Waals surface area contributed by atoms with Gasteiger partial charge in [-0.05, 0) is 80.4 Å². The molecule has 2 saturated heterocycles. The highest BCUT2D eigenvalue weighted by atomic mass is 35.9. The van der Waals surface area contributed by atoms with Crippen LogP contribution in [0.5, 0.6) is 0 Å². The summed E-state index contributed by atoms with van der Waals surface area (Å²) in [6.45, 7) is 8.75. The summed E-state index contributed by atoms with van der Waals surface area (Å²) in [5.41, 5.74) is 1.78.